The van der Waals surface area contributed by atoms with Crippen molar-refractivity contribution >= 4 is 5.78 Å². The minimum Gasteiger partial charge on any atom is -0.490 e. The third kappa shape index (κ3) is 3.09. The molecule has 1 aliphatic carbocycles. The molecular weight excluding hydrogens is 231 g/mol. The molecule has 0 aliphatic heterocycles. The van der Waals surface area contributed by atoms with E-state index < -0.39 is 11.2 Å². The number of carbonyl (C=O) groups excluding carboxylic acids is 1. The maximum atomic E-state index is 13.8. The Labute approximate surface area is 107 Å². The molecule has 0 heterocycles. The van der Waals surface area contributed by atoms with Gasteiger partial charge in [0.2, 0.25) is 0 Å². The van der Waals surface area contributed by atoms with Gasteiger partial charge in [0.25, 0.3) is 0 Å². The van der Waals surface area contributed by atoms with Gasteiger partial charge in [0.1, 0.15) is 0 Å². The molecule has 98 valence electrons. The first-order valence-corrected chi connectivity index (χ1v) is 6.35. The highest BCUT2D eigenvalue weighted by atomic mass is 19.1. The second-order valence-corrected chi connectivity index (χ2v) is 5.98. The highest BCUT2D eigenvalue weighted by Gasteiger charge is 2.25. The molecule has 0 spiro atoms. The van der Waals surface area contributed by atoms with E-state index in [2.05, 4.69) is 0 Å². The van der Waals surface area contributed by atoms with Crippen molar-refractivity contribution in [3.63, 3.8) is 0 Å². The van der Waals surface area contributed by atoms with Crippen LogP contribution in [0.4, 0.5) is 4.39 Å². The summed E-state index contributed by atoms with van der Waals surface area (Å²) in [5.74, 6) is 0.313. The highest BCUT2D eigenvalue weighted by molar-refractivity contribution is 5.99. The Bertz CT molecular complexity index is 456. The molecule has 0 unspecified atom stereocenters. The quantitative estimate of drug-likeness (QED) is 0.759. The highest BCUT2D eigenvalue weighted by Crippen LogP contribution is 2.30. The van der Waals surface area contributed by atoms with Crippen molar-refractivity contribution in [2.45, 2.75) is 33.6 Å². The van der Waals surface area contributed by atoms with E-state index in [9.17, 15) is 9.18 Å². The zero-order valence-electron chi connectivity index (χ0n) is 11.1. The van der Waals surface area contributed by atoms with Crippen molar-refractivity contribution in [2.24, 2.45) is 11.3 Å². The Kier molecular flexibility index (Phi) is 3.42. The van der Waals surface area contributed by atoms with E-state index in [0.717, 1.165) is 0 Å². The fourth-order valence-corrected chi connectivity index (χ4v) is 1.68. The van der Waals surface area contributed by atoms with Gasteiger partial charge in [-0.1, -0.05) is 20.8 Å². The van der Waals surface area contributed by atoms with Gasteiger partial charge in [-0.2, -0.15) is 0 Å². The molecule has 0 amide bonds. The van der Waals surface area contributed by atoms with Crippen molar-refractivity contribution in [2.75, 3.05) is 6.61 Å². The third-order valence-electron chi connectivity index (χ3n) is 3.05. The van der Waals surface area contributed by atoms with Crippen LogP contribution in [0.25, 0.3) is 0 Å². The van der Waals surface area contributed by atoms with Gasteiger partial charge >= 0.3 is 0 Å². The zero-order valence-corrected chi connectivity index (χ0v) is 11.1. The Hall–Kier alpha value is -1.38. The van der Waals surface area contributed by atoms with E-state index in [1.807, 2.05) is 20.8 Å². The number of rotatable bonds is 4. The molecule has 2 rings (SSSR count). The Morgan fingerprint density at radius 1 is 1.39 bits per heavy atom. The van der Waals surface area contributed by atoms with Gasteiger partial charge in [0, 0.05) is 11.0 Å². The predicted molar refractivity (Wildman–Crippen MR) is 68.4 cm³/mol. The molecular formula is C15H19FO2. The number of ether oxygens (including phenoxy) is 1. The van der Waals surface area contributed by atoms with Crippen LogP contribution in [0.3, 0.4) is 0 Å². The summed E-state index contributed by atoms with van der Waals surface area (Å²) >= 11 is 0. The van der Waals surface area contributed by atoms with Crippen LogP contribution in [0.1, 0.15) is 44.0 Å². The lowest BCUT2D eigenvalue weighted by molar-refractivity contribution is 0.0857. The predicted octanol–water partition coefficient (Wildman–Crippen LogP) is 3.84. The standard InChI is InChI=1S/C15H19FO2/c1-15(2,3)14(17)11-6-7-13(12(16)8-11)18-9-10-4-5-10/h6-8,10H,4-5,9H2,1-3H3. The molecule has 2 nitrogen and oxygen atoms in total. The summed E-state index contributed by atoms with van der Waals surface area (Å²) in [7, 11) is 0. The smallest absolute Gasteiger partial charge is 0.168 e. The first kappa shape index (κ1) is 13.1. The summed E-state index contributed by atoms with van der Waals surface area (Å²) in [6.45, 7) is 6.05. The molecule has 3 heteroatoms. The number of benzene rings is 1. The molecule has 1 aromatic carbocycles. The average molecular weight is 250 g/mol. The molecule has 0 bridgehead atoms. The lowest BCUT2D eigenvalue weighted by Crippen LogP contribution is -2.20. The van der Waals surface area contributed by atoms with Crippen molar-refractivity contribution in [3.8, 4) is 5.75 Å². The average Bonchev–Trinajstić information content (AvgIpc) is 3.09. The van der Waals surface area contributed by atoms with Crippen LogP contribution < -0.4 is 4.74 Å². The molecule has 1 fully saturated rings. The monoisotopic (exact) mass is 250 g/mol. The van der Waals surface area contributed by atoms with Gasteiger partial charge in [0.05, 0.1) is 6.61 Å². The van der Waals surface area contributed by atoms with Gasteiger partial charge in [-0.05, 0) is 37.0 Å². The van der Waals surface area contributed by atoms with E-state index in [-0.39, 0.29) is 11.5 Å². The maximum Gasteiger partial charge on any atom is 0.168 e. The van der Waals surface area contributed by atoms with Crippen LogP contribution in [-0.4, -0.2) is 12.4 Å². The minimum absolute atomic E-state index is 0.0601. The molecule has 0 saturated heterocycles. The molecule has 0 atom stereocenters. The fourth-order valence-electron chi connectivity index (χ4n) is 1.68. The summed E-state index contributed by atoms with van der Waals surface area (Å²) in [6, 6.07) is 4.46. The van der Waals surface area contributed by atoms with Gasteiger partial charge in [0.15, 0.2) is 17.3 Å². The van der Waals surface area contributed by atoms with Gasteiger partial charge in [-0.15, -0.1) is 0 Å². The van der Waals surface area contributed by atoms with Gasteiger partial charge in [-0.3, -0.25) is 4.79 Å². The molecule has 1 aromatic rings. The van der Waals surface area contributed by atoms with Crippen LogP contribution in [0.5, 0.6) is 5.75 Å². The lowest BCUT2D eigenvalue weighted by Gasteiger charge is -2.17. The molecule has 1 saturated carbocycles. The Balaban J connectivity index is 2.10. The minimum atomic E-state index is -0.497. The van der Waals surface area contributed by atoms with Crippen LogP contribution in [0.2, 0.25) is 0 Å². The SMILES string of the molecule is CC(C)(C)C(=O)c1ccc(OCC2CC2)c(F)c1. The molecule has 18 heavy (non-hydrogen) atoms. The maximum absolute atomic E-state index is 13.8. The first-order chi connectivity index (χ1) is 8.38. The topological polar surface area (TPSA) is 26.3 Å². The Morgan fingerprint density at radius 2 is 2.06 bits per heavy atom. The number of hydrogen-bond donors (Lipinski definition) is 0. The molecule has 0 aromatic heterocycles. The lowest BCUT2D eigenvalue weighted by atomic mass is 9.86. The number of ketones is 1. The largest absolute Gasteiger partial charge is 0.490 e. The van der Waals surface area contributed by atoms with Crippen molar-refractivity contribution < 1.29 is 13.9 Å². The van der Waals surface area contributed by atoms with Crippen LogP contribution in [-0.2, 0) is 0 Å². The molecule has 0 radical (unpaired) electrons. The van der Waals surface area contributed by atoms with E-state index in [1.54, 1.807) is 12.1 Å². The second-order valence-electron chi connectivity index (χ2n) is 5.98. The summed E-state index contributed by atoms with van der Waals surface area (Å²) in [6.07, 6.45) is 2.34. The van der Waals surface area contributed by atoms with E-state index in [0.29, 0.717) is 18.1 Å². The number of Topliss-reactive ketones (excluding diaryl/α,β-unsaturated/α-hetero) is 1. The van der Waals surface area contributed by atoms with Crippen LogP contribution in [0.15, 0.2) is 18.2 Å². The fraction of sp³-hybridized carbons (Fsp3) is 0.533. The van der Waals surface area contributed by atoms with Crippen molar-refractivity contribution in [1.82, 2.24) is 0 Å². The second kappa shape index (κ2) is 4.71. The summed E-state index contributed by atoms with van der Waals surface area (Å²) in [5.41, 5.74) is -0.0956. The number of carbonyl (C=O) groups is 1. The van der Waals surface area contributed by atoms with Gasteiger partial charge < -0.3 is 4.74 Å². The zero-order chi connectivity index (χ0) is 13.3. The number of hydrogen-bond acceptors (Lipinski definition) is 2. The van der Waals surface area contributed by atoms with Crippen molar-refractivity contribution in [3.05, 3.63) is 29.6 Å². The summed E-state index contributed by atoms with van der Waals surface area (Å²) < 4.78 is 19.2. The van der Waals surface area contributed by atoms with Crippen LogP contribution in [0, 0.1) is 17.2 Å². The molecule has 0 N–H and O–H groups in total. The van der Waals surface area contributed by atoms with E-state index >= 15 is 0 Å². The summed E-state index contributed by atoms with van der Waals surface area (Å²) in [4.78, 5) is 12.0. The van der Waals surface area contributed by atoms with E-state index in [4.69, 9.17) is 4.74 Å². The molecule has 1 aliphatic rings. The first-order valence-electron chi connectivity index (χ1n) is 6.35. The third-order valence-corrected chi connectivity index (χ3v) is 3.05. The number of halogens is 1. The Morgan fingerprint density at radius 3 is 2.56 bits per heavy atom. The van der Waals surface area contributed by atoms with Crippen LogP contribution >= 0.6 is 0 Å². The van der Waals surface area contributed by atoms with E-state index in [1.165, 1.54) is 18.9 Å². The summed E-state index contributed by atoms with van der Waals surface area (Å²) in [5, 5.41) is 0. The normalized spacial score (nSPS) is 15.6. The van der Waals surface area contributed by atoms with Gasteiger partial charge in [-0.25, -0.2) is 4.39 Å². The van der Waals surface area contributed by atoms with Crippen molar-refractivity contribution in [1.29, 1.82) is 0 Å².